The van der Waals surface area contributed by atoms with Gasteiger partial charge in [-0.05, 0) is 54.9 Å². The number of allylic oxidation sites excluding steroid dienone is 1. The molecule has 0 aliphatic carbocycles. The Hall–Kier alpha value is -2.41. The Morgan fingerprint density at radius 1 is 1.13 bits per heavy atom. The Kier molecular flexibility index (Phi) is 6.32. The molecule has 0 amide bonds. The van der Waals surface area contributed by atoms with E-state index in [1.165, 1.54) is 0 Å². The van der Waals surface area contributed by atoms with Gasteiger partial charge in [-0.2, -0.15) is 4.98 Å². The molecule has 1 aliphatic heterocycles. The molecule has 31 heavy (non-hydrogen) atoms. The van der Waals surface area contributed by atoms with Crippen LogP contribution in [0.3, 0.4) is 0 Å². The Bertz CT molecular complexity index is 1140. The molecule has 1 unspecified atom stereocenters. The minimum atomic E-state index is -0.235. The summed E-state index contributed by atoms with van der Waals surface area (Å²) in [4.78, 5) is 6.79. The van der Waals surface area contributed by atoms with E-state index in [0.29, 0.717) is 32.8 Å². The van der Waals surface area contributed by atoms with Crippen molar-refractivity contribution in [2.75, 3.05) is 6.54 Å². The lowest BCUT2D eigenvalue weighted by Gasteiger charge is -2.38. The second-order valence-electron chi connectivity index (χ2n) is 7.87. The maximum Gasteiger partial charge on any atom is 0.258 e. The molecular formula is C23H22Cl2N4OS. The number of hydrogen-bond acceptors (Lipinski definition) is 4. The van der Waals surface area contributed by atoms with E-state index < -0.39 is 0 Å². The Morgan fingerprint density at radius 3 is 2.55 bits per heavy atom. The van der Waals surface area contributed by atoms with Crippen LogP contribution < -0.4 is 5.32 Å². The van der Waals surface area contributed by atoms with Crippen molar-refractivity contribution in [1.29, 1.82) is 0 Å². The normalized spacial score (nSPS) is 16.8. The van der Waals surface area contributed by atoms with Gasteiger partial charge in [0.05, 0.1) is 11.6 Å². The zero-order valence-corrected chi connectivity index (χ0v) is 19.7. The highest BCUT2D eigenvalue weighted by Crippen LogP contribution is 2.38. The third-order valence-corrected chi connectivity index (χ3v) is 5.91. The van der Waals surface area contributed by atoms with Gasteiger partial charge in [-0.1, -0.05) is 66.5 Å². The van der Waals surface area contributed by atoms with E-state index >= 15 is 0 Å². The third kappa shape index (κ3) is 4.61. The van der Waals surface area contributed by atoms with Crippen LogP contribution in [0.5, 0.6) is 0 Å². The minimum Gasteiger partial charge on any atom is -0.351 e. The van der Waals surface area contributed by atoms with E-state index in [2.05, 4.69) is 29.2 Å². The maximum absolute atomic E-state index is 6.14. The molecule has 3 aromatic rings. The van der Waals surface area contributed by atoms with Crippen LogP contribution in [-0.2, 0) is 0 Å². The molecule has 0 saturated carbocycles. The van der Waals surface area contributed by atoms with E-state index in [4.69, 9.17) is 44.9 Å². The average Bonchev–Trinajstić information content (AvgIpc) is 3.21. The fourth-order valence-corrected chi connectivity index (χ4v) is 4.27. The van der Waals surface area contributed by atoms with Gasteiger partial charge in [-0.15, -0.1) is 0 Å². The van der Waals surface area contributed by atoms with Gasteiger partial charge < -0.3 is 14.7 Å². The molecule has 1 aromatic heterocycles. The quantitative estimate of drug-likeness (QED) is 0.435. The van der Waals surface area contributed by atoms with Crippen LogP contribution in [0, 0.1) is 5.92 Å². The van der Waals surface area contributed by atoms with Crippen molar-refractivity contribution in [1.82, 2.24) is 20.4 Å². The summed E-state index contributed by atoms with van der Waals surface area (Å²) in [6.07, 6.45) is 0. The standard InChI is InChI=1S/C23H22Cl2N4OS/c1-13(2)12-29-14(3)19(20(26-23(29)31)15-7-9-17(24)10-8-15)22-27-21(28-30-22)16-5-4-6-18(25)11-16/h4-11,13,20H,12H2,1-3H3,(H,26,31). The number of thiocarbonyl (C=S) groups is 1. The topological polar surface area (TPSA) is 54.2 Å². The molecule has 2 aromatic carbocycles. The summed E-state index contributed by atoms with van der Waals surface area (Å²) in [6.45, 7) is 7.14. The Labute approximate surface area is 197 Å². The molecular weight excluding hydrogens is 451 g/mol. The molecule has 8 heteroatoms. The van der Waals surface area contributed by atoms with Gasteiger partial charge in [0.25, 0.3) is 5.89 Å². The fourth-order valence-electron chi connectivity index (χ4n) is 3.63. The van der Waals surface area contributed by atoms with Crippen LogP contribution in [0.1, 0.15) is 38.3 Å². The number of nitrogens with zero attached hydrogens (tertiary/aromatic N) is 3. The van der Waals surface area contributed by atoms with Gasteiger partial charge in [0.1, 0.15) is 0 Å². The first-order chi connectivity index (χ1) is 14.8. The van der Waals surface area contributed by atoms with Crippen LogP contribution in [0.25, 0.3) is 17.0 Å². The van der Waals surface area contributed by atoms with Gasteiger partial charge in [0.2, 0.25) is 5.82 Å². The largest absolute Gasteiger partial charge is 0.351 e. The molecule has 1 aliphatic rings. The van der Waals surface area contributed by atoms with Gasteiger partial charge >= 0.3 is 0 Å². The summed E-state index contributed by atoms with van der Waals surface area (Å²) < 4.78 is 5.73. The number of rotatable bonds is 5. The molecule has 0 radical (unpaired) electrons. The Morgan fingerprint density at radius 2 is 1.87 bits per heavy atom. The summed E-state index contributed by atoms with van der Waals surface area (Å²) >= 11 is 17.9. The second kappa shape index (κ2) is 8.99. The molecule has 1 atom stereocenters. The molecule has 0 fully saturated rings. The summed E-state index contributed by atoms with van der Waals surface area (Å²) in [5.74, 6) is 1.35. The highest BCUT2D eigenvalue weighted by molar-refractivity contribution is 7.80. The first-order valence-electron chi connectivity index (χ1n) is 9.97. The van der Waals surface area contributed by atoms with Crippen molar-refractivity contribution in [2.24, 2.45) is 5.92 Å². The number of aromatic nitrogens is 2. The van der Waals surface area contributed by atoms with Crippen LogP contribution >= 0.6 is 35.4 Å². The van der Waals surface area contributed by atoms with E-state index in [-0.39, 0.29) is 6.04 Å². The number of nitrogens with one attached hydrogen (secondary N) is 1. The summed E-state index contributed by atoms with van der Waals surface area (Å²) in [5, 5.41) is 9.62. The molecule has 0 saturated heterocycles. The predicted octanol–water partition coefficient (Wildman–Crippen LogP) is 6.36. The van der Waals surface area contributed by atoms with E-state index in [1.807, 2.05) is 55.5 Å². The van der Waals surface area contributed by atoms with Crippen LogP contribution in [0.4, 0.5) is 0 Å². The van der Waals surface area contributed by atoms with Crippen molar-refractivity contribution in [3.63, 3.8) is 0 Å². The zero-order valence-electron chi connectivity index (χ0n) is 17.4. The van der Waals surface area contributed by atoms with Gasteiger partial charge in [-0.3, -0.25) is 0 Å². The number of hydrogen-bond donors (Lipinski definition) is 1. The second-order valence-corrected chi connectivity index (χ2v) is 9.13. The average molecular weight is 473 g/mol. The summed E-state index contributed by atoms with van der Waals surface area (Å²) in [6, 6.07) is 14.8. The third-order valence-electron chi connectivity index (χ3n) is 5.09. The minimum absolute atomic E-state index is 0.235. The molecule has 160 valence electrons. The van der Waals surface area contributed by atoms with Crippen molar-refractivity contribution < 1.29 is 4.52 Å². The highest BCUT2D eigenvalue weighted by Gasteiger charge is 2.34. The van der Waals surface area contributed by atoms with Gasteiger partial charge in [0.15, 0.2) is 5.11 Å². The Balaban J connectivity index is 1.82. The molecule has 4 rings (SSSR count). The molecule has 0 bridgehead atoms. The van der Waals surface area contributed by atoms with E-state index in [0.717, 1.165) is 28.9 Å². The molecule has 1 N–H and O–H groups in total. The van der Waals surface area contributed by atoms with Crippen molar-refractivity contribution in [3.05, 3.63) is 75.7 Å². The van der Waals surface area contributed by atoms with Crippen molar-refractivity contribution >= 4 is 46.1 Å². The first-order valence-corrected chi connectivity index (χ1v) is 11.1. The van der Waals surface area contributed by atoms with Crippen molar-refractivity contribution in [3.8, 4) is 11.4 Å². The maximum atomic E-state index is 6.14. The molecule has 0 spiro atoms. The fraction of sp³-hybridized carbons (Fsp3) is 0.261. The summed E-state index contributed by atoms with van der Waals surface area (Å²) in [7, 11) is 0. The predicted molar refractivity (Wildman–Crippen MR) is 129 cm³/mol. The van der Waals surface area contributed by atoms with Crippen LogP contribution in [0.15, 0.2) is 58.8 Å². The lowest BCUT2D eigenvalue weighted by atomic mass is 9.94. The SMILES string of the molecule is CC1=C(c2nc(-c3cccc(Cl)c3)no2)C(c2ccc(Cl)cc2)NC(=S)N1CC(C)C. The first kappa shape index (κ1) is 21.8. The van der Waals surface area contributed by atoms with E-state index in [9.17, 15) is 0 Å². The monoisotopic (exact) mass is 472 g/mol. The van der Waals surface area contributed by atoms with Crippen LogP contribution in [-0.4, -0.2) is 26.7 Å². The summed E-state index contributed by atoms with van der Waals surface area (Å²) in [5.41, 5.74) is 3.67. The van der Waals surface area contributed by atoms with Crippen molar-refractivity contribution in [2.45, 2.75) is 26.8 Å². The molecule has 2 heterocycles. The lowest BCUT2D eigenvalue weighted by molar-refractivity contribution is 0.386. The zero-order chi connectivity index (χ0) is 22.1. The smallest absolute Gasteiger partial charge is 0.258 e. The number of halogens is 2. The van der Waals surface area contributed by atoms with Crippen LogP contribution in [0.2, 0.25) is 10.0 Å². The van der Waals surface area contributed by atoms with Gasteiger partial charge in [-0.25, -0.2) is 0 Å². The highest BCUT2D eigenvalue weighted by atomic mass is 35.5. The number of benzene rings is 2. The molecule has 5 nitrogen and oxygen atoms in total. The van der Waals surface area contributed by atoms with E-state index in [1.54, 1.807) is 0 Å². The van der Waals surface area contributed by atoms with Gasteiger partial charge in [0, 0.05) is 27.9 Å². The lowest BCUT2D eigenvalue weighted by Crippen LogP contribution is -2.47.